The van der Waals surface area contributed by atoms with Crippen LogP contribution in [0.5, 0.6) is 0 Å². The molecule has 3 heterocycles. The molecule has 1 aliphatic rings. The first-order valence-corrected chi connectivity index (χ1v) is 13.1. The van der Waals surface area contributed by atoms with Crippen LogP contribution in [0.2, 0.25) is 10.0 Å². The second-order valence-corrected chi connectivity index (χ2v) is 10.3. The van der Waals surface area contributed by atoms with E-state index in [-0.39, 0.29) is 23.8 Å². The molecule has 0 fully saturated rings. The molecular formula is C26H19Cl2FN4O2S. The van der Waals surface area contributed by atoms with Gasteiger partial charge in [-0.05, 0) is 53.6 Å². The Balaban J connectivity index is 1.59. The maximum absolute atomic E-state index is 13.5. The van der Waals surface area contributed by atoms with Crippen molar-refractivity contribution in [2.24, 2.45) is 0 Å². The lowest BCUT2D eigenvalue weighted by Gasteiger charge is -2.18. The second kappa shape index (κ2) is 10.3. The molecule has 1 amide bonds. The first-order chi connectivity index (χ1) is 17.4. The maximum atomic E-state index is 13.5. The minimum atomic E-state index is -1.36. The van der Waals surface area contributed by atoms with Crippen molar-refractivity contribution in [3.63, 3.8) is 0 Å². The molecule has 2 aromatic carbocycles. The normalized spacial score (nSPS) is 14.8. The van der Waals surface area contributed by atoms with E-state index in [1.807, 2.05) is 6.07 Å². The highest BCUT2D eigenvalue weighted by Gasteiger charge is 2.30. The van der Waals surface area contributed by atoms with Crippen molar-refractivity contribution >= 4 is 45.5 Å². The zero-order valence-electron chi connectivity index (χ0n) is 18.7. The van der Waals surface area contributed by atoms with E-state index in [0.29, 0.717) is 44.7 Å². The summed E-state index contributed by atoms with van der Waals surface area (Å²) in [6.45, 7) is 0.213. The average Bonchev–Trinajstić information content (AvgIpc) is 3.24. The van der Waals surface area contributed by atoms with Gasteiger partial charge < -0.3 is 5.32 Å². The van der Waals surface area contributed by atoms with Gasteiger partial charge in [0.25, 0.3) is 5.91 Å². The van der Waals surface area contributed by atoms with Gasteiger partial charge in [-0.25, -0.2) is 9.07 Å². The van der Waals surface area contributed by atoms with Crippen LogP contribution in [0, 0.1) is 5.82 Å². The Hall–Kier alpha value is -3.33. The molecule has 1 atom stereocenters. The number of hydrogen-bond acceptors (Lipinski definition) is 4. The Morgan fingerprint density at radius 2 is 1.92 bits per heavy atom. The van der Waals surface area contributed by atoms with E-state index in [1.165, 1.54) is 12.1 Å². The molecule has 2 aromatic heterocycles. The summed E-state index contributed by atoms with van der Waals surface area (Å²) in [6, 6.07) is 16.5. The minimum absolute atomic E-state index is 0.125. The molecule has 1 aliphatic heterocycles. The summed E-state index contributed by atoms with van der Waals surface area (Å²) < 4.78 is 27.9. The van der Waals surface area contributed by atoms with Gasteiger partial charge in [-0.15, -0.1) is 0 Å². The maximum Gasteiger partial charge on any atom is 0.272 e. The third-order valence-corrected chi connectivity index (χ3v) is 7.32. The van der Waals surface area contributed by atoms with Crippen molar-refractivity contribution in [3.8, 4) is 5.69 Å². The van der Waals surface area contributed by atoms with Gasteiger partial charge in [-0.2, -0.15) is 5.10 Å². The summed E-state index contributed by atoms with van der Waals surface area (Å²) in [5, 5.41) is 9.94. The molecule has 1 unspecified atom stereocenters. The molecule has 5 rings (SSSR count). The van der Waals surface area contributed by atoms with Crippen molar-refractivity contribution in [1.29, 1.82) is 0 Å². The number of carbonyl (C=O) groups excluding carboxylic acids is 1. The minimum Gasteiger partial charge on any atom is -0.345 e. The zero-order valence-corrected chi connectivity index (χ0v) is 21.1. The monoisotopic (exact) mass is 540 g/mol. The van der Waals surface area contributed by atoms with Gasteiger partial charge in [-0.1, -0.05) is 41.4 Å². The topological polar surface area (TPSA) is 76.9 Å². The quantitative estimate of drug-likeness (QED) is 0.350. The lowest BCUT2D eigenvalue weighted by atomic mass is 10.00. The van der Waals surface area contributed by atoms with Gasteiger partial charge in [0.1, 0.15) is 5.82 Å². The van der Waals surface area contributed by atoms with E-state index in [4.69, 9.17) is 23.2 Å². The number of halogens is 3. The van der Waals surface area contributed by atoms with Crippen LogP contribution in [-0.4, -0.2) is 24.9 Å². The van der Waals surface area contributed by atoms with Crippen LogP contribution in [0.1, 0.15) is 33.0 Å². The molecule has 10 heteroatoms. The van der Waals surface area contributed by atoms with E-state index in [0.717, 1.165) is 5.56 Å². The second-order valence-electron chi connectivity index (χ2n) is 8.16. The molecule has 1 N–H and O–H groups in total. The fourth-order valence-corrected chi connectivity index (χ4v) is 5.67. The van der Waals surface area contributed by atoms with Crippen molar-refractivity contribution in [2.75, 3.05) is 0 Å². The molecule has 0 saturated heterocycles. The first kappa shape index (κ1) is 24.4. The largest absolute Gasteiger partial charge is 0.345 e. The van der Waals surface area contributed by atoms with Crippen molar-refractivity contribution in [1.82, 2.24) is 20.1 Å². The summed E-state index contributed by atoms with van der Waals surface area (Å²) in [6.07, 6.45) is 2.02. The van der Waals surface area contributed by atoms with Gasteiger partial charge in [0, 0.05) is 28.6 Å². The molecule has 0 saturated carbocycles. The number of carbonyl (C=O) groups is 1. The highest BCUT2D eigenvalue weighted by Crippen LogP contribution is 2.35. The number of amides is 1. The van der Waals surface area contributed by atoms with Crippen LogP contribution in [0.4, 0.5) is 4.39 Å². The molecular weight excluding hydrogens is 522 g/mol. The summed E-state index contributed by atoms with van der Waals surface area (Å²) in [5.41, 5.74) is 4.08. The highest BCUT2D eigenvalue weighted by atomic mass is 35.5. The van der Waals surface area contributed by atoms with Crippen LogP contribution < -0.4 is 5.32 Å². The number of nitrogens with one attached hydrogen (secondary N) is 1. The lowest BCUT2D eigenvalue weighted by molar-refractivity contribution is 0.0944. The average molecular weight is 541 g/mol. The Morgan fingerprint density at radius 3 is 2.64 bits per heavy atom. The van der Waals surface area contributed by atoms with Gasteiger partial charge in [0.2, 0.25) is 0 Å². The predicted molar refractivity (Wildman–Crippen MR) is 139 cm³/mol. The van der Waals surface area contributed by atoms with Crippen molar-refractivity contribution < 1.29 is 13.4 Å². The molecule has 0 spiro atoms. The smallest absolute Gasteiger partial charge is 0.272 e. The molecule has 4 aromatic rings. The third kappa shape index (κ3) is 5.11. The zero-order chi connectivity index (χ0) is 25.2. The Bertz CT molecular complexity index is 1500. The van der Waals surface area contributed by atoms with Gasteiger partial charge in [0.05, 0.1) is 45.2 Å². The van der Waals surface area contributed by atoms with Crippen LogP contribution in [-0.2, 0) is 29.5 Å². The third-order valence-electron chi connectivity index (χ3n) is 5.66. The number of fused-ring (bicyclic) bond motifs is 1. The number of pyridine rings is 1. The molecule has 36 heavy (non-hydrogen) atoms. The number of allylic oxidation sites excluding steroid dienone is 1. The summed E-state index contributed by atoms with van der Waals surface area (Å²) in [4.78, 5) is 17.5. The lowest BCUT2D eigenvalue weighted by Crippen LogP contribution is -2.25. The Labute approximate surface area is 219 Å². The van der Waals surface area contributed by atoms with Gasteiger partial charge >= 0.3 is 0 Å². The highest BCUT2D eigenvalue weighted by molar-refractivity contribution is 7.87. The van der Waals surface area contributed by atoms with E-state index in [1.54, 1.807) is 58.8 Å². The first-order valence-electron chi connectivity index (χ1n) is 11.0. The predicted octanol–water partition coefficient (Wildman–Crippen LogP) is 5.49. The molecule has 0 bridgehead atoms. The summed E-state index contributed by atoms with van der Waals surface area (Å²) in [7, 11) is -1.36. The number of hydrogen-bond donors (Lipinski definition) is 1. The van der Waals surface area contributed by atoms with Gasteiger partial charge in [-0.3, -0.25) is 14.0 Å². The van der Waals surface area contributed by atoms with Crippen molar-refractivity contribution in [3.05, 3.63) is 116 Å². The Kier molecular flexibility index (Phi) is 7.00. The number of aromatic nitrogens is 3. The van der Waals surface area contributed by atoms with Crippen LogP contribution in [0.25, 0.3) is 11.3 Å². The summed E-state index contributed by atoms with van der Waals surface area (Å²) >= 11 is 12.6. The van der Waals surface area contributed by atoms with Crippen LogP contribution >= 0.6 is 23.2 Å². The number of rotatable bonds is 6. The van der Waals surface area contributed by atoms with E-state index in [9.17, 15) is 13.4 Å². The van der Waals surface area contributed by atoms with E-state index < -0.39 is 16.7 Å². The Morgan fingerprint density at radius 1 is 1.11 bits per heavy atom. The molecule has 0 aliphatic carbocycles. The van der Waals surface area contributed by atoms with E-state index in [2.05, 4.69) is 15.4 Å². The van der Waals surface area contributed by atoms with E-state index >= 15 is 0 Å². The molecule has 6 nitrogen and oxygen atoms in total. The summed E-state index contributed by atoms with van der Waals surface area (Å²) in [5.74, 6) is -0.633. The molecule has 0 radical (unpaired) electrons. The number of nitrogens with zero attached hydrogens (tertiary/aromatic N) is 3. The standard InChI is InChI=1S/C26H19Cl2FN4O2S/c27-18-6-9-23(22(28)12-18)33-25-17(11-16-4-7-19(29)8-5-16)14-36(35)15-21(25)24(32-33)26(34)31-13-20-3-1-2-10-30-20/h1-10,12,14H,11,13,15H2,(H,31,34). The van der Waals surface area contributed by atoms with Crippen LogP contribution in [0.3, 0.4) is 0 Å². The fraction of sp³-hybridized carbons (Fsp3) is 0.115. The van der Waals surface area contributed by atoms with Gasteiger partial charge in [0.15, 0.2) is 5.69 Å². The number of benzene rings is 2. The van der Waals surface area contributed by atoms with Crippen LogP contribution in [0.15, 0.2) is 72.3 Å². The van der Waals surface area contributed by atoms with Crippen molar-refractivity contribution in [2.45, 2.75) is 18.7 Å². The fourth-order valence-electron chi connectivity index (χ4n) is 4.03. The SMILES string of the molecule is O=C(NCc1ccccn1)c1nn(-c2ccc(Cl)cc2Cl)c2c1CS(=O)C=C2Cc1ccc(F)cc1. The molecule has 182 valence electrons.